The average Bonchev–Trinajstić information content (AvgIpc) is 3.75. The number of halogens is 1. The zero-order valence-electron chi connectivity index (χ0n) is 26.7. The highest BCUT2D eigenvalue weighted by atomic mass is 35.5. The number of phenols is 1. The maximum absolute atomic E-state index is 13.2. The number of rotatable bonds is 9. The number of aliphatic hydroxyl groups is 1. The molecule has 248 valence electrons. The summed E-state index contributed by atoms with van der Waals surface area (Å²) in [6, 6.07) is 19.1. The molecule has 48 heavy (non-hydrogen) atoms. The molecule has 3 amide bonds. The van der Waals surface area contributed by atoms with E-state index in [9.17, 15) is 19.8 Å². The first-order valence-electron chi connectivity index (χ1n) is 15.1. The Kier molecular flexibility index (Phi) is 9.01. The van der Waals surface area contributed by atoms with Gasteiger partial charge in [0.25, 0.3) is 5.91 Å². The van der Waals surface area contributed by atoms with Gasteiger partial charge in [-0.3, -0.25) is 14.5 Å². The maximum atomic E-state index is 13.2. The number of imidazole rings is 1. The number of aromatic hydroxyl groups is 1. The Labute approximate surface area is 285 Å². The molecule has 12 nitrogen and oxygen atoms in total. The number of amides is 3. The van der Waals surface area contributed by atoms with Gasteiger partial charge in [-0.2, -0.15) is 5.10 Å². The van der Waals surface area contributed by atoms with Crippen LogP contribution in [0.25, 0.3) is 20.9 Å². The number of hydrogen-bond acceptors (Lipinski definition) is 8. The smallest absolute Gasteiger partial charge is 0.320 e. The molecule has 3 aromatic carbocycles. The Morgan fingerprint density at radius 3 is 2.62 bits per heavy atom. The number of aromatic nitrogens is 4. The van der Waals surface area contributed by atoms with E-state index >= 15 is 0 Å². The zero-order chi connectivity index (χ0) is 34.2. The summed E-state index contributed by atoms with van der Waals surface area (Å²) in [5, 5.41) is 29.8. The Balaban J connectivity index is 1.18. The summed E-state index contributed by atoms with van der Waals surface area (Å²) in [6.07, 6.45) is 1.55. The fourth-order valence-corrected chi connectivity index (χ4v) is 6.24. The second-order valence-corrected chi connectivity index (χ2v) is 13.6. The van der Waals surface area contributed by atoms with E-state index in [4.69, 9.17) is 21.4 Å². The van der Waals surface area contributed by atoms with Gasteiger partial charge in [0.2, 0.25) is 0 Å². The summed E-state index contributed by atoms with van der Waals surface area (Å²) in [7, 11) is 1.64. The molecule has 3 heterocycles. The van der Waals surface area contributed by atoms with Crippen LogP contribution in [0.15, 0.2) is 72.9 Å². The Hall–Kier alpha value is -5.11. The number of nitrogens with one attached hydrogen (secondary N) is 2. The van der Waals surface area contributed by atoms with Gasteiger partial charge in [0, 0.05) is 43.2 Å². The first-order chi connectivity index (χ1) is 22.9. The third-order valence-electron chi connectivity index (χ3n) is 7.64. The predicted octanol–water partition coefficient (Wildman–Crippen LogP) is 6.57. The molecule has 0 bridgehead atoms. The van der Waals surface area contributed by atoms with Crippen molar-refractivity contribution in [3.63, 3.8) is 0 Å². The maximum Gasteiger partial charge on any atom is 0.320 e. The van der Waals surface area contributed by atoms with Crippen molar-refractivity contribution in [2.24, 2.45) is 0 Å². The van der Waals surface area contributed by atoms with Crippen molar-refractivity contribution in [1.82, 2.24) is 29.4 Å². The van der Waals surface area contributed by atoms with E-state index in [1.807, 2.05) is 73.7 Å². The second-order valence-electron chi connectivity index (χ2n) is 12.2. The lowest BCUT2D eigenvalue weighted by molar-refractivity contribution is 0.0760. The highest BCUT2D eigenvalue weighted by molar-refractivity contribution is 7.23. The minimum atomic E-state index is -0.449. The van der Waals surface area contributed by atoms with Crippen LogP contribution in [0, 0.1) is 0 Å². The monoisotopic (exact) mass is 687 g/mol. The minimum Gasteiger partial charge on any atom is -0.506 e. The molecule has 6 aromatic rings. The molecule has 6 rings (SSSR count). The fourth-order valence-electron chi connectivity index (χ4n) is 5.03. The van der Waals surface area contributed by atoms with Crippen molar-refractivity contribution in [1.29, 1.82) is 0 Å². The molecule has 0 fully saturated rings. The van der Waals surface area contributed by atoms with E-state index in [2.05, 4.69) is 15.6 Å². The average molecular weight is 688 g/mol. The van der Waals surface area contributed by atoms with E-state index in [0.29, 0.717) is 33.7 Å². The van der Waals surface area contributed by atoms with Gasteiger partial charge in [-0.25, -0.2) is 14.5 Å². The molecular formula is C34H34ClN7O5S. The number of aliphatic hydroxyl groups excluding tert-OH is 1. The summed E-state index contributed by atoms with van der Waals surface area (Å²) in [5.74, 6) is 1.31. The molecular weight excluding hydrogens is 654 g/mol. The second kappa shape index (κ2) is 13.2. The molecule has 0 saturated carbocycles. The number of anilines is 1. The molecule has 0 radical (unpaired) electrons. The number of thiazole rings is 1. The van der Waals surface area contributed by atoms with Crippen LogP contribution >= 0.6 is 22.9 Å². The number of urea groups is 1. The number of carbonyl (C=O) groups excluding carboxylic acids is 2. The number of phenolic OH excluding ortho intramolecular Hbond substituents is 1. The van der Waals surface area contributed by atoms with Gasteiger partial charge in [-0.05, 0) is 36.4 Å². The lowest BCUT2D eigenvalue weighted by Gasteiger charge is -2.15. The molecule has 14 heteroatoms. The quantitative estimate of drug-likeness (QED) is 0.134. The normalized spacial score (nSPS) is 11.6. The molecule has 0 unspecified atom stereocenters. The van der Waals surface area contributed by atoms with Crippen molar-refractivity contribution in [2.45, 2.75) is 32.7 Å². The molecule has 0 saturated heterocycles. The fraction of sp³-hybridized carbons (Fsp3) is 0.235. The summed E-state index contributed by atoms with van der Waals surface area (Å²) in [4.78, 5) is 32.7. The largest absolute Gasteiger partial charge is 0.506 e. The Morgan fingerprint density at radius 1 is 1.08 bits per heavy atom. The van der Waals surface area contributed by atoms with Crippen LogP contribution in [-0.4, -0.2) is 66.4 Å². The topological polar surface area (TPSA) is 146 Å². The molecule has 0 aliphatic rings. The third kappa shape index (κ3) is 6.65. The number of nitrogens with zero attached hydrogens (tertiary/aromatic N) is 5. The lowest BCUT2D eigenvalue weighted by Crippen LogP contribution is -2.30. The number of carbonyl (C=O) groups is 2. The number of ether oxygens (including phenoxy) is 1. The lowest BCUT2D eigenvalue weighted by atomic mass is 9.92. The van der Waals surface area contributed by atoms with Gasteiger partial charge < -0.3 is 25.2 Å². The zero-order valence-corrected chi connectivity index (χ0v) is 28.3. The highest BCUT2D eigenvalue weighted by Crippen LogP contribution is 2.34. The first kappa shape index (κ1) is 32.8. The van der Waals surface area contributed by atoms with E-state index in [0.717, 1.165) is 21.5 Å². The number of para-hydroxylation sites is 1. The van der Waals surface area contributed by atoms with Crippen molar-refractivity contribution in [3.8, 4) is 22.9 Å². The number of benzene rings is 3. The molecule has 0 aliphatic heterocycles. The summed E-state index contributed by atoms with van der Waals surface area (Å²) < 4.78 is 10.5. The van der Waals surface area contributed by atoms with Crippen LogP contribution in [-0.2, 0) is 12.0 Å². The SMILES string of the molecule is CN(CCO)C(=O)c1cnc2sc3cc(Oc4ccccc4CNC(=O)Nc4cc(C(C)(C)C)nn4-c4ccc(O)c(Cl)c4)ccc3n12. The van der Waals surface area contributed by atoms with Crippen molar-refractivity contribution < 1.29 is 24.5 Å². The van der Waals surface area contributed by atoms with Crippen molar-refractivity contribution >= 4 is 55.9 Å². The van der Waals surface area contributed by atoms with E-state index in [1.165, 1.54) is 22.3 Å². The van der Waals surface area contributed by atoms with Crippen molar-refractivity contribution in [2.75, 3.05) is 25.5 Å². The van der Waals surface area contributed by atoms with Crippen LogP contribution in [0.1, 0.15) is 42.5 Å². The van der Waals surface area contributed by atoms with Crippen LogP contribution in [0.3, 0.4) is 0 Å². The van der Waals surface area contributed by atoms with Gasteiger partial charge in [0.15, 0.2) is 4.96 Å². The van der Waals surface area contributed by atoms with Crippen LogP contribution in [0.4, 0.5) is 10.6 Å². The van der Waals surface area contributed by atoms with Crippen LogP contribution in [0.2, 0.25) is 5.02 Å². The van der Waals surface area contributed by atoms with Gasteiger partial charge in [-0.15, -0.1) is 0 Å². The van der Waals surface area contributed by atoms with Gasteiger partial charge in [-0.1, -0.05) is 61.9 Å². The third-order valence-corrected chi connectivity index (χ3v) is 8.96. The minimum absolute atomic E-state index is 0.0498. The van der Waals surface area contributed by atoms with E-state index < -0.39 is 6.03 Å². The Bertz CT molecular complexity index is 2150. The van der Waals surface area contributed by atoms with Crippen LogP contribution < -0.4 is 15.4 Å². The molecule has 4 N–H and O–H groups in total. The standard InChI is InChI=1S/C34H34ClN7O5S/c1-34(2,3)29-17-30(42(39-29)21-9-12-26(44)23(35)15-21)38-32(46)36-18-20-7-5-6-8-27(20)47-22-10-11-24-28(16-22)48-33-37-19-25(41(24)33)31(45)40(4)13-14-43/h5-12,15-17,19,43-44H,13-14,18H2,1-4H3,(H2,36,38,46). The number of fused-ring (bicyclic) bond motifs is 3. The van der Waals surface area contributed by atoms with Gasteiger partial charge in [0.1, 0.15) is 28.8 Å². The summed E-state index contributed by atoms with van der Waals surface area (Å²) in [6.45, 7) is 6.34. The molecule has 3 aromatic heterocycles. The molecule has 0 aliphatic carbocycles. The van der Waals surface area contributed by atoms with Crippen molar-refractivity contribution in [3.05, 3.63) is 94.9 Å². The molecule has 0 spiro atoms. The van der Waals surface area contributed by atoms with E-state index in [1.54, 1.807) is 30.1 Å². The number of likely N-dealkylation sites (N-methyl/N-ethyl adjacent to an activating group) is 1. The van der Waals surface area contributed by atoms with E-state index in [-0.39, 0.29) is 41.8 Å². The van der Waals surface area contributed by atoms with Gasteiger partial charge in [0.05, 0.1) is 39.4 Å². The van der Waals surface area contributed by atoms with Gasteiger partial charge >= 0.3 is 6.03 Å². The Morgan fingerprint density at radius 2 is 1.88 bits per heavy atom. The van der Waals surface area contributed by atoms with Crippen LogP contribution in [0.5, 0.6) is 17.2 Å². The summed E-state index contributed by atoms with van der Waals surface area (Å²) in [5.41, 5.74) is 3.03. The predicted molar refractivity (Wildman–Crippen MR) is 186 cm³/mol. The highest BCUT2D eigenvalue weighted by Gasteiger charge is 2.23. The molecule has 0 atom stereocenters. The number of hydrogen-bond donors (Lipinski definition) is 4. The summed E-state index contributed by atoms with van der Waals surface area (Å²) >= 11 is 7.59. The first-order valence-corrected chi connectivity index (χ1v) is 16.3.